The predicted molar refractivity (Wildman–Crippen MR) is 81.2 cm³/mol. The molecule has 2 heterocycles. The van der Waals surface area contributed by atoms with Gasteiger partial charge in [0.2, 0.25) is 0 Å². The standard InChI is InChI=1S/C15H21N5/c1-6-7-19-14(16)13(18-15(19)10(2)3)12-8-17-20(9-12)11(4)5/h1,8-11H,7,16H2,2-5H3. The minimum absolute atomic E-state index is 0.263. The first-order chi connectivity index (χ1) is 9.45. The molecule has 0 bridgehead atoms. The van der Waals surface area contributed by atoms with Crippen molar-refractivity contribution in [1.29, 1.82) is 0 Å². The van der Waals surface area contributed by atoms with Gasteiger partial charge in [-0.3, -0.25) is 4.68 Å². The second kappa shape index (κ2) is 5.41. The van der Waals surface area contributed by atoms with Crippen molar-refractivity contribution >= 4 is 5.82 Å². The molecule has 5 nitrogen and oxygen atoms in total. The van der Waals surface area contributed by atoms with Gasteiger partial charge in [-0.2, -0.15) is 5.10 Å². The van der Waals surface area contributed by atoms with E-state index < -0.39 is 0 Å². The number of nitrogens with two attached hydrogens (primary N) is 1. The average Bonchev–Trinajstić information content (AvgIpc) is 2.96. The summed E-state index contributed by atoms with van der Waals surface area (Å²) >= 11 is 0. The quantitative estimate of drug-likeness (QED) is 0.870. The molecule has 0 amide bonds. The number of anilines is 1. The van der Waals surface area contributed by atoms with Gasteiger partial charge in [0, 0.05) is 23.7 Å². The van der Waals surface area contributed by atoms with E-state index in [1.165, 1.54) is 0 Å². The normalized spacial score (nSPS) is 11.2. The maximum Gasteiger partial charge on any atom is 0.132 e. The molecule has 106 valence electrons. The number of nitrogen functional groups attached to an aromatic ring is 1. The second-order valence-electron chi connectivity index (χ2n) is 5.45. The van der Waals surface area contributed by atoms with Gasteiger partial charge >= 0.3 is 0 Å². The second-order valence-corrected chi connectivity index (χ2v) is 5.45. The maximum atomic E-state index is 6.21. The molecule has 0 unspecified atom stereocenters. The molecule has 20 heavy (non-hydrogen) atoms. The van der Waals surface area contributed by atoms with Crippen molar-refractivity contribution in [3.63, 3.8) is 0 Å². The molecule has 2 rings (SSSR count). The summed E-state index contributed by atoms with van der Waals surface area (Å²) < 4.78 is 3.79. The Kier molecular flexibility index (Phi) is 3.84. The molecule has 0 saturated heterocycles. The molecular formula is C15H21N5. The minimum Gasteiger partial charge on any atom is -0.383 e. The monoisotopic (exact) mass is 271 g/mol. The van der Waals surface area contributed by atoms with Crippen molar-refractivity contribution in [2.24, 2.45) is 0 Å². The number of imidazole rings is 1. The van der Waals surface area contributed by atoms with Gasteiger partial charge < -0.3 is 10.3 Å². The first-order valence-electron chi connectivity index (χ1n) is 6.79. The summed E-state index contributed by atoms with van der Waals surface area (Å²) in [4.78, 5) is 4.66. The van der Waals surface area contributed by atoms with Crippen LogP contribution in [0.4, 0.5) is 5.82 Å². The fourth-order valence-corrected chi connectivity index (χ4v) is 2.14. The van der Waals surface area contributed by atoms with Crippen LogP contribution in [0.2, 0.25) is 0 Å². The van der Waals surface area contributed by atoms with Crippen molar-refractivity contribution in [2.75, 3.05) is 5.73 Å². The van der Waals surface area contributed by atoms with E-state index in [1.807, 2.05) is 15.4 Å². The predicted octanol–water partition coefficient (Wildman–Crippen LogP) is 2.67. The highest BCUT2D eigenvalue weighted by Crippen LogP contribution is 2.29. The highest BCUT2D eigenvalue weighted by molar-refractivity contribution is 5.70. The van der Waals surface area contributed by atoms with Crippen LogP contribution in [-0.4, -0.2) is 19.3 Å². The van der Waals surface area contributed by atoms with Gasteiger partial charge in [0.25, 0.3) is 0 Å². The van der Waals surface area contributed by atoms with Crippen molar-refractivity contribution in [3.8, 4) is 23.6 Å². The summed E-state index contributed by atoms with van der Waals surface area (Å²) in [6, 6.07) is 0.308. The maximum absolute atomic E-state index is 6.21. The lowest BCUT2D eigenvalue weighted by Crippen LogP contribution is -2.07. The molecule has 0 aliphatic heterocycles. The Morgan fingerprint density at radius 2 is 2.05 bits per heavy atom. The zero-order chi connectivity index (χ0) is 14.9. The number of terminal acetylenes is 1. The first-order valence-corrected chi connectivity index (χ1v) is 6.79. The molecule has 0 saturated carbocycles. The molecule has 2 N–H and O–H groups in total. The number of hydrogen-bond donors (Lipinski definition) is 1. The van der Waals surface area contributed by atoms with E-state index in [9.17, 15) is 0 Å². The van der Waals surface area contributed by atoms with Crippen molar-refractivity contribution in [2.45, 2.75) is 46.2 Å². The molecule has 0 radical (unpaired) electrons. The van der Waals surface area contributed by atoms with E-state index >= 15 is 0 Å². The Balaban J connectivity index is 2.51. The molecule has 0 fully saturated rings. The summed E-state index contributed by atoms with van der Waals surface area (Å²) in [5.74, 6) is 4.41. The molecule has 0 aliphatic carbocycles. The van der Waals surface area contributed by atoms with Gasteiger partial charge in [0.05, 0.1) is 12.7 Å². The average molecular weight is 271 g/mol. The van der Waals surface area contributed by atoms with Gasteiger partial charge in [-0.15, -0.1) is 6.42 Å². The van der Waals surface area contributed by atoms with Crippen LogP contribution in [0.3, 0.4) is 0 Å². The zero-order valence-electron chi connectivity index (χ0n) is 12.5. The lowest BCUT2D eigenvalue weighted by atomic mass is 10.2. The van der Waals surface area contributed by atoms with E-state index in [0.717, 1.165) is 17.1 Å². The molecule has 0 atom stereocenters. The Hall–Kier alpha value is -2.22. The summed E-state index contributed by atoms with van der Waals surface area (Å²) in [6.07, 6.45) is 9.18. The van der Waals surface area contributed by atoms with Gasteiger partial charge in [0.1, 0.15) is 17.3 Å². The van der Waals surface area contributed by atoms with Crippen LogP contribution in [0.1, 0.15) is 45.5 Å². The smallest absolute Gasteiger partial charge is 0.132 e. The van der Waals surface area contributed by atoms with Gasteiger partial charge in [-0.25, -0.2) is 4.98 Å². The van der Waals surface area contributed by atoms with Crippen LogP contribution in [0.25, 0.3) is 11.3 Å². The molecule has 0 aliphatic rings. The van der Waals surface area contributed by atoms with Crippen LogP contribution >= 0.6 is 0 Å². The van der Waals surface area contributed by atoms with Crippen LogP contribution in [0.15, 0.2) is 12.4 Å². The fourth-order valence-electron chi connectivity index (χ4n) is 2.14. The SMILES string of the molecule is C#CCn1c(C(C)C)nc(-c2cnn(C(C)C)c2)c1N. The summed E-state index contributed by atoms with van der Waals surface area (Å²) in [5.41, 5.74) is 7.90. The van der Waals surface area contributed by atoms with Crippen molar-refractivity contribution in [3.05, 3.63) is 18.2 Å². The number of rotatable bonds is 4. The Labute approximate surface area is 119 Å². The molecule has 0 spiro atoms. The third-order valence-electron chi connectivity index (χ3n) is 3.21. The van der Waals surface area contributed by atoms with Crippen LogP contribution in [0.5, 0.6) is 0 Å². The van der Waals surface area contributed by atoms with Crippen molar-refractivity contribution < 1.29 is 0 Å². The minimum atomic E-state index is 0.263. The molecule has 5 heteroatoms. The van der Waals surface area contributed by atoms with E-state index in [1.54, 1.807) is 6.20 Å². The number of aromatic nitrogens is 4. The van der Waals surface area contributed by atoms with Gasteiger partial charge in [-0.05, 0) is 13.8 Å². The Morgan fingerprint density at radius 1 is 1.35 bits per heavy atom. The van der Waals surface area contributed by atoms with E-state index in [0.29, 0.717) is 18.4 Å². The van der Waals surface area contributed by atoms with Crippen LogP contribution in [0, 0.1) is 12.3 Å². The Bertz CT molecular complexity index is 640. The zero-order valence-corrected chi connectivity index (χ0v) is 12.5. The highest BCUT2D eigenvalue weighted by atomic mass is 15.3. The van der Waals surface area contributed by atoms with Crippen LogP contribution in [-0.2, 0) is 6.54 Å². The summed E-state index contributed by atoms with van der Waals surface area (Å²) in [5, 5.41) is 4.33. The van der Waals surface area contributed by atoms with Crippen LogP contribution < -0.4 is 5.73 Å². The third kappa shape index (κ3) is 2.42. The lowest BCUT2D eigenvalue weighted by molar-refractivity contribution is 0.532. The van der Waals surface area contributed by atoms with E-state index in [2.05, 4.69) is 43.7 Å². The van der Waals surface area contributed by atoms with Crippen molar-refractivity contribution in [1.82, 2.24) is 19.3 Å². The summed E-state index contributed by atoms with van der Waals surface area (Å²) in [7, 11) is 0. The van der Waals surface area contributed by atoms with Gasteiger partial charge in [-0.1, -0.05) is 19.8 Å². The topological polar surface area (TPSA) is 61.7 Å². The Morgan fingerprint density at radius 3 is 2.55 bits per heavy atom. The third-order valence-corrected chi connectivity index (χ3v) is 3.21. The van der Waals surface area contributed by atoms with Gasteiger partial charge in [0.15, 0.2) is 0 Å². The number of nitrogens with zero attached hydrogens (tertiary/aromatic N) is 4. The largest absolute Gasteiger partial charge is 0.383 e. The summed E-state index contributed by atoms with van der Waals surface area (Å²) in [6.45, 7) is 8.75. The van der Waals surface area contributed by atoms with E-state index in [4.69, 9.17) is 12.2 Å². The molecule has 0 aromatic carbocycles. The number of hydrogen-bond acceptors (Lipinski definition) is 3. The molecular weight excluding hydrogens is 250 g/mol. The molecule has 2 aromatic heterocycles. The fraction of sp³-hybridized carbons (Fsp3) is 0.467. The molecule has 2 aromatic rings. The highest BCUT2D eigenvalue weighted by Gasteiger charge is 2.19. The first kappa shape index (κ1) is 14.2. The lowest BCUT2D eigenvalue weighted by Gasteiger charge is -2.08. The van der Waals surface area contributed by atoms with E-state index in [-0.39, 0.29) is 5.92 Å².